The number of hydrogen-bond acceptors (Lipinski definition) is 10. The number of amides is 1. The van der Waals surface area contributed by atoms with Crippen LogP contribution in [0.1, 0.15) is 30.4 Å². The van der Waals surface area contributed by atoms with Gasteiger partial charge in [0.1, 0.15) is 11.5 Å². The van der Waals surface area contributed by atoms with E-state index < -0.39 is 8.07 Å². The summed E-state index contributed by atoms with van der Waals surface area (Å²) in [5, 5.41) is 10.2. The molecule has 2 aromatic carbocycles. The standard InChI is InChI=1S/C34H57N3O8Si/c1-39-18-20-41-27-44-32-15-8-6-12-29(32)24-35-26-31(14-10-11-17-36-34(38)43-22-23-46(3,4)5)37-25-30-13-7-9-16-33(30)45-28-42-21-19-40-2/h6-9,12-13,15-16,31,35,37H,10-11,14,17-28H2,1-5H3,(H,36,38). The van der Waals surface area contributed by atoms with Crippen LogP contribution in [-0.2, 0) is 36.8 Å². The van der Waals surface area contributed by atoms with Crippen molar-refractivity contribution in [1.82, 2.24) is 16.0 Å². The number of alkyl carbamates (subject to hydrolysis) is 1. The first-order chi connectivity index (χ1) is 22.3. The Hall–Kier alpha value is -2.71. The quantitative estimate of drug-likeness (QED) is 0.0672. The molecule has 2 rings (SSSR count). The Balaban J connectivity index is 1.89. The number of methoxy groups -OCH3 is 2. The van der Waals surface area contributed by atoms with E-state index in [0.29, 0.717) is 52.7 Å². The zero-order valence-corrected chi connectivity index (χ0v) is 29.6. The van der Waals surface area contributed by atoms with E-state index in [2.05, 4.69) is 47.7 Å². The molecule has 11 nitrogen and oxygen atoms in total. The van der Waals surface area contributed by atoms with Crippen LogP contribution in [0.2, 0.25) is 25.7 Å². The molecule has 1 amide bonds. The van der Waals surface area contributed by atoms with Crippen LogP contribution in [0, 0.1) is 0 Å². The van der Waals surface area contributed by atoms with Gasteiger partial charge in [-0.15, -0.1) is 0 Å². The minimum atomic E-state index is -1.23. The molecule has 0 aliphatic heterocycles. The average Bonchev–Trinajstić information content (AvgIpc) is 3.03. The van der Waals surface area contributed by atoms with Crippen molar-refractivity contribution in [2.45, 2.75) is 64.1 Å². The number of nitrogens with one attached hydrogen (secondary N) is 3. The Kier molecular flexibility index (Phi) is 21.0. The van der Waals surface area contributed by atoms with Crippen molar-refractivity contribution in [3.05, 3.63) is 59.7 Å². The largest absolute Gasteiger partial charge is 0.467 e. The molecule has 0 aliphatic carbocycles. The molecule has 2 aromatic rings. The minimum Gasteiger partial charge on any atom is -0.467 e. The number of para-hydroxylation sites is 2. The van der Waals surface area contributed by atoms with Gasteiger partial charge in [-0.05, 0) is 31.0 Å². The van der Waals surface area contributed by atoms with E-state index in [4.69, 9.17) is 33.2 Å². The second-order valence-corrected chi connectivity index (χ2v) is 17.7. The summed E-state index contributed by atoms with van der Waals surface area (Å²) in [6.07, 6.45) is 2.40. The van der Waals surface area contributed by atoms with Crippen LogP contribution in [0.25, 0.3) is 0 Å². The zero-order valence-electron chi connectivity index (χ0n) is 28.6. The van der Waals surface area contributed by atoms with E-state index in [1.807, 2.05) is 36.4 Å². The molecule has 1 unspecified atom stereocenters. The summed E-state index contributed by atoms with van der Waals surface area (Å²) in [4.78, 5) is 12.1. The van der Waals surface area contributed by atoms with Crippen molar-refractivity contribution >= 4 is 14.2 Å². The lowest BCUT2D eigenvalue weighted by Gasteiger charge is -2.21. The molecule has 0 bridgehead atoms. The molecule has 0 saturated carbocycles. The van der Waals surface area contributed by atoms with Gasteiger partial charge in [0.25, 0.3) is 0 Å². The lowest BCUT2D eigenvalue weighted by molar-refractivity contribution is -0.00903. The van der Waals surface area contributed by atoms with Crippen LogP contribution in [0.5, 0.6) is 11.5 Å². The summed E-state index contributed by atoms with van der Waals surface area (Å²) >= 11 is 0. The molecular weight excluding hydrogens is 606 g/mol. The van der Waals surface area contributed by atoms with Gasteiger partial charge in [-0.25, -0.2) is 4.79 Å². The highest BCUT2D eigenvalue weighted by atomic mass is 28.3. The van der Waals surface area contributed by atoms with Crippen LogP contribution in [-0.4, -0.2) is 94.1 Å². The first-order valence-electron chi connectivity index (χ1n) is 16.2. The smallest absolute Gasteiger partial charge is 0.407 e. The summed E-state index contributed by atoms with van der Waals surface area (Å²) in [7, 11) is 2.06. The van der Waals surface area contributed by atoms with Gasteiger partial charge in [0.05, 0.1) is 33.0 Å². The third-order valence-electron chi connectivity index (χ3n) is 7.03. The Morgan fingerprint density at radius 2 is 1.35 bits per heavy atom. The van der Waals surface area contributed by atoms with Crippen molar-refractivity contribution < 1.29 is 38.0 Å². The Morgan fingerprint density at radius 1 is 0.761 bits per heavy atom. The molecule has 260 valence electrons. The van der Waals surface area contributed by atoms with Crippen molar-refractivity contribution in [3.8, 4) is 11.5 Å². The second-order valence-electron chi connectivity index (χ2n) is 12.1. The molecule has 46 heavy (non-hydrogen) atoms. The Bertz CT molecular complexity index is 1070. The van der Waals surface area contributed by atoms with Gasteiger partial charge in [-0.3, -0.25) is 0 Å². The molecule has 3 N–H and O–H groups in total. The van der Waals surface area contributed by atoms with E-state index >= 15 is 0 Å². The molecule has 12 heteroatoms. The third-order valence-corrected chi connectivity index (χ3v) is 8.73. The lowest BCUT2D eigenvalue weighted by Crippen LogP contribution is -2.38. The normalized spacial score (nSPS) is 12.1. The van der Waals surface area contributed by atoms with Crippen molar-refractivity contribution in [2.75, 3.05) is 73.9 Å². The van der Waals surface area contributed by atoms with Gasteiger partial charge in [0.15, 0.2) is 13.6 Å². The molecular formula is C34H57N3O8Si. The van der Waals surface area contributed by atoms with Gasteiger partial charge in [-0.2, -0.15) is 0 Å². The first-order valence-corrected chi connectivity index (χ1v) is 19.9. The predicted molar refractivity (Wildman–Crippen MR) is 183 cm³/mol. The van der Waals surface area contributed by atoms with Gasteiger partial charge in [0, 0.05) is 65.6 Å². The Morgan fingerprint density at radius 3 is 1.93 bits per heavy atom. The molecule has 0 radical (unpaired) electrons. The molecule has 0 heterocycles. The third kappa shape index (κ3) is 19.1. The van der Waals surface area contributed by atoms with E-state index in [9.17, 15) is 4.79 Å². The number of rotatable bonds is 27. The fraction of sp³-hybridized carbons (Fsp3) is 0.618. The number of ether oxygens (including phenoxy) is 7. The van der Waals surface area contributed by atoms with Crippen LogP contribution >= 0.6 is 0 Å². The molecule has 1 atom stereocenters. The van der Waals surface area contributed by atoms with Crippen LogP contribution in [0.4, 0.5) is 4.79 Å². The number of benzene rings is 2. The van der Waals surface area contributed by atoms with E-state index in [-0.39, 0.29) is 25.7 Å². The first kappa shape index (κ1) is 39.5. The predicted octanol–water partition coefficient (Wildman–Crippen LogP) is 5.17. The van der Waals surface area contributed by atoms with Crippen molar-refractivity contribution in [3.63, 3.8) is 0 Å². The number of carbonyl (C=O) groups excluding carboxylic acids is 1. The minimum absolute atomic E-state index is 0.165. The molecule has 0 saturated heterocycles. The van der Waals surface area contributed by atoms with Gasteiger partial charge in [-0.1, -0.05) is 62.5 Å². The van der Waals surface area contributed by atoms with Gasteiger partial charge >= 0.3 is 6.09 Å². The highest BCUT2D eigenvalue weighted by molar-refractivity contribution is 6.76. The second kappa shape index (κ2) is 24.5. The van der Waals surface area contributed by atoms with Gasteiger partial charge in [0.2, 0.25) is 0 Å². The summed E-state index contributed by atoms with van der Waals surface area (Å²) in [6.45, 7) is 12.3. The fourth-order valence-corrected chi connectivity index (χ4v) is 5.03. The SMILES string of the molecule is COCCOCOc1ccccc1CNCC(CCCCNC(=O)OCC[Si](C)(C)C)NCc1ccccc1OCOCCOC. The average molecular weight is 664 g/mol. The van der Waals surface area contributed by atoms with Crippen molar-refractivity contribution in [1.29, 1.82) is 0 Å². The molecule has 0 spiro atoms. The van der Waals surface area contributed by atoms with Gasteiger partial charge < -0.3 is 49.1 Å². The maximum absolute atomic E-state index is 12.1. The summed E-state index contributed by atoms with van der Waals surface area (Å²) in [5.41, 5.74) is 2.11. The maximum atomic E-state index is 12.1. The zero-order chi connectivity index (χ0) is 33.3. The van der Waals surface area contributed by atoms with Crippen LogP contribution < -0.4 is 25.4 Å². The van der Waals surface area contributed by atoms with Crippen LogP contribution in [0.3, 0.4) is 0 Å². The molecule has 0 aliphatic rings. The number of unbranched alkanes of at least 4 members (excludes halogenated alkanes) is 1. The number of hydrogen-bond donors (Lipinski definition) is 3. The summed E-state index contributed by atoms with van der Waals surface area (Å²) in [5.74, 6) is 1.58. The summed E-state index contributed by atoms with van der Waals surface area (Å²) < 4.78 is 38.1. The number of carbonyl (C=O) groups is 1. The summed E-state index contributed by atoms with van der Waals surface area (Å²) in [6, 6.07) is 17.1. The monoisotopic (exact) mass is 663 g/mol. The van der Waals surface area contributed by atoms with Crippen molar-refractivity contribution in [2.24, 2.45) is 0 Å². The maximum Gasteiger partial charge on any atom is 0.407 e. The Labute approximate surface area is 277 Å². The highest BCUT2D eigenvalue weighted by Gasteiger charge is 2.14. The van der Waals surface area contributed by atoms with Crippen LogP contribution in [0.15, 0.2) is 48.5 Å². The fourth-order valence-electron chi connectivity index (χ4n) is 4.31. The van der Waals surface area contributed by atoms with E-state index in [1.54, 1.807) is 14.2 Å². The van der Waals surface area contributed by atoms with E-state index in [1.165, 1.54) is 0 Å². The van der Waals surface area contributed by atoms with E-state index in [0.717, 1.165) is 54.5 Å². The molecule has 0 aromatic heterocycles. The lowest BCUT2D eigenvalue weighted by atomic mass is 10.1. The highest BCUT2D eigenvalue weighted by Crippen LogP contribution is 2.19. The topological polar surface area (TPSA) is 118 Å². The molecule has 0 fully saturated rings.